The molecule has 10 rings (SSSR count). The first kappa shape index (κ1) is 26.4. The number of fused-ring (bicyclic) bond motifs is 8. The van der Waals surface area contributed by atoms with Crippen LogP contribution in [0, 0.1) is 0 Å². The molecule has 0 saturated carbocycles. The summed E-state index contributed by atoms with van der Waals surface area (Å²) >= 11 is 0. The first-order valence-corrected chi connectivity index (χ1v) is 15.7. The number of para-hydroxylation sites is 6. The van der Waals surface area contributed by atoms with Gasteiger partial charge in [-0.3, -0.25) is 9.36 Å². The lowest BCUT2D eigenvalue weighted by Gasteiger charge is -2.11. The molecule has 10 aromatic rings. The minimum absolute atomic E-state index is 0.0650. The minimum Gasteiger partial charge on any atom is -0.278 e. The Morgan fingerprint density at radius 3 is 2.10 bits per heavy atom. The second-order valence-corrected chi connectivity index (χ2v) is 12.0. The van der Waals surface area contributed by atoms with E-state index < -0.39 is 0 Å². The lowest BCUT2D eigenvalue weighted by Crippen LogP contribution is -2.38. The van der Waals surface area contributed by atoms with Crippen molar-refractivity contribution in [2.45, 2.75) is 0 Å². The third kappa shape index (κ3) is 3.65. The highest BCUT2D eigenvalue weighted by molar-refractivity contribution is 5.88. The van der Waals surface area contributed by atoms with Gasteiger partial charge in [0.05, 0.1) is 27.3 Å². The van der Waals surface area contributed by atoms with Crippen LogP contribution in [0.15, 0.2) is 155 Å². The van der Waals surface area contributed by atoms with Gasteiger partial charge in [-0.1, -0.05) is 72.8 Å². The number of nitrogens with one attached hydrogen (secondary N) is 1. The average molecular weight is 622 g/mol. The average Bonchev–Trinajstić information content (AvgIpc) is 3.68. The van der Waals surface area contributed by atoms with Gasteiger partial charge in [0.1, 0.15) is 22.2 Å². The highest BCUT2D eigenvalue weighted by atomic mass is 16.1. The van der Waals surface area contributed by atoms with Gasteiger partial charge in [0.2, 0.25) is 5.78 Å². The molecule has 0 spiro atoms. The summed E-state index contributed by atoms with van der Waals surface area (Å²) in [4.78, 5) is 36.0. The van der Waals surface area contributed by atoms with Gasteiger partial charge in [-0.2, -0.15) is 8.97 Å². The Morgan fingerprint density at radius 2 is 1.23 bits per heavy atom. The maximum Gasteiger partial charge on any atom is 0.376 e. The highest BCUT2D eigenvalue weighted by Crippen LogP contribution is 2.29. The van der Waals surface area contributed by atoms with E-state index in [1.165, 1.54) is 0 Å². The molecule has 0 bridgehead atoms. The second-order valence-electron chi connectivity index (χ2n) is 12.0. The van der Waals surface area contributed by atoms with Crippen molar-refractivity contribution < 1.29 is 4.57 Å². The van der Waals surface area contributed by atoms with Crippen molar-refractivity contribution in [1.29, 1.82) is 0 Å². The Labute approximate surface area is 271 Å². The van der Waals surface area contributed by atoms with E-state index in [1.807, 2.05) is 115 Å². The fraction of sp³-hybridized carbons (Fsp3) is 0. The number of H-pyrrole nitrogens is 1. The zero-order valence-electron chi connectivity index (χ0n) is 25.4. The molecule has 0 atom stereocenters. The number of aromatic amines is 1. The standard InChI is InChI=1S/C40H24N6O2/c47-37-29-15-1-3-17-31(29)41-39-44(35-21-7-8-22-36(35)46(37)39)28-14-10-12-26(24-28)25-11-9-13-27(23-25)43-33-19-5-2-16-30(33)38(48)45-34-20-6-4-18-32(34)42-40(43)45/h1-24H/p+1. The first-order chi connectivity index (χ1) is 23.7. The van der Waals surface area contributed by atoms with Crippen LogP contribution in [-0.2, 0) is 0 Å². The van der Waals surface area contributed by atoms with Crippen molar-refractivity contribution in [3.63, 3.8) is 0 Å². The van der Waals surface area contributed by atoms with Crippen molar-refractivity contribution in [1.82, 2.24) is 23.3 Å². The predicted molar refractivity (Wildman–Crippen MR) is 189 cm³/mol. The predicted octanol–water partition coefficient (Wildman–Crippen LogP) is 6.98. The Bertz CT molecular complexity index is 3070. The van der Waals surface area contributed by atoms with E-state index in [9.17, 15) is 9.59 Å². The Hall–Kier alpha value is -6.80. The zero-order valence-corrected chi connectivity index (χ0v) is 25.4. The van der Waals surface area contributed by atoms with Crippen LogP contribution in [0.2, 0.25) is 0 Å². The summed E-state index contributed by atoms with van der Waals surface area (Å²) in [5.74, 6) is 1.24. The number of hydrogen-bond acceptors (Lipinski definition) is 3. The van der Waals surface area contributed by atoms with Crippen LogP contribution >= 0.6 is 0 Å². The summed E-state index contributed by atoms with van der Waals surface area (Å²) in [5, 5.41) is 1.22. The SMILES string of the molecule is O=c1c2ccccc2nc2n(-c3cccc(-c4cccc(-[n+]5c6ccccc6c(=O)n6c7ccccc7[nH]c65)c4)c3)c3ccccc3n12. The van der Waals surface area contributed by atoms with Gasteiger partial charge in [0.25, 0.3) is 5.56 Å². The molecule has 8 heteroatoms. The molecule has 0 fully saturated rings. The minimum atomic E-state index is -0.0936. The van der Waals surface area contributed by atoms with Crippen molar-refractivity contribution in [2.24, 2.45) is 0 Å². The molecule has 0 radical (unpaired) electrons. The largest absolute Gasteiger partial charge is 0.376 e. The van der Waals surface area contributed by atoms with Crippen LogP contribution in [-0.4, -0.2) is 23.3 Å². The van der Waals surface area contributed by atoms with Crippen LogP contribution in [0.25, 0.3) is 77.9 Å². The van der Waals surface area contributed by atoms with Crippen LogP contribution in [0.5, 0.6) is 0 Å². The highest BCUT2D eigenvalue weighted by Gasteiger charge is 2.23. The molecule has 4 heterocycles. The van der Waals surface area contributed by atoms with Gasteiger partial charge >= 0.3 is 11.3 Å². The third-order valence-corrected chi connectivity index (χ3v) is 9.26. The number of hydrogen-bond donors (Lipinski definition) is 1. The summed E-state index contributed by atoms with van der Waals surface area (Å²) < 4.78 is 7.62. The quantitative estimate of drug-likeness (QED) is 0.216. The second kappa shape index (κ2) is 9.85. The van der Waals surface area contributed by atoms with Crippen molar-refractivity contribution in [3.8, 4) is 22.5 Å². The molecule has 0 amide bonds. The smallest absolute Gasteiger partial charge is 0.278 e. The molecular weight excluding hydrogens is 596 g/mol. The van der Waals surface area contributed by atoms with Crippen molar-refractivity contribution in [2.75, 3.05) is 0 Å². The molecule has 8 nitrogen and oxygen atoms in total. The summed E-state index contributed by atoms with van der Waals surface area (Å²) in [6.45, 7) is 0. The zero-order chi connectivity index (χ0) is 31.9. The number of imidazole rings is 2. The molecule has 4 aromatic heterocycles. The van der Waals surface area contributed by atoms with Crippen molar-refractivity contribution >= 4 is 55.4 Å². The molecular formula is C40H25N6O2+. The van der Waals surface area contributed by atoms with E-state index in [4.69, 9.17) is 4.98 Å². The first-order valence-electron chi connectivity index (χ1n) is 15.7. The normalized spacial score (nSPS) is 11.9. The van der Waals surface area contributed by atoms with Gasteiger partial charge < -0.3 is 0 Å². The monoisotopic (exact) mass is 621 g/mol. The number of benzene rings is 6. The lowest BCUT2D eigenvalue weighted by molar-refractivity contribution is -0.544. The third-order valence-electron chi connectivity index (χ3n) is 9.26. The Kier molecular flexibility index (Phi) is 5.42. The topological polar surface area (TPSA) is 80.4 Å². The Morgan fingerprint density at radius 1 is 0.562 bits per heavy atom. The van der Waals surface area contributed by atoms with E-state index in [1.54, 1.807) is 8.80 Å². The summed E-state index contributed by atoms with van der Waals surface area (Å²) in [5.41, 5.74) is 8.52. The molecule has 0 unspecified atom stereocenters. The Balaban J connectivity index is 1.20. The van der Waals surface area contributed by atoms with E-state index in [0.717, 1.165) is 50.1 Å². The molecule has 0 aliphatic heterocycles. The maximum absolute atomic E-state index is 13.8. The van der Waals surface area contributed by atoms with Gasteiger partial charge in [-0.15, -0.1) is 0 Å². The number of nitrogens with zero attached hydrogens (tertiary/aromatic N) is 5. The number of rotatable bonds is 3. The fourth-order valence-electron chi connectivity index (χ4n) is 7.11. The van der Waals surface area contributed by atoms with Crippen molar-refractivity contribution in [3.05, 3.63) is 166 Å². The molecule has 6 aromatic carbocycles. The van der Waals surface area contributed by atoms with Gasteiger partial charge in [0, 0.05) is 5.69 Å². The van der Waals surface area contributed by atoms with Crippen LogP contribution in [0.3, 0.4) is 0 Å². The molecule has 0 saturated heterocycles. The summed E-state index contributed by atoms with van der Waals surface area (Å²) in [6, 6.07) is 47.6. The summed E-state index contributed by atoms with van der Waals surface area (Å²) in [7, 11) is 0. The van der Waals surface area contributed by atoms with E-state index >= 15 is 0 Å². The van der Waals surface area contributed by atoms with Crippen LogP contribution < -0.4 is 15.7 Å². The van der Waals surface area contributed by atoms with Gasteiger partial charge in [-0.25, -0.2) is 19.2 Å². The van der Waals surface area contributed by atoms with Gasteiger partial charge in [0.15, 0.2) is 0 Å². The van der Waals surface area contributed by atoms with E-state index in [2.05, 4.69) is 44.5 Å². The molecule has 226 valence electrons. The maximum atomic E-state index is 13.8. The lowest BCUT2D eigenvalue weighted by atomic mass is 10.0. The molecule has 0 aliphatic rings. The molecule has 0 aliphatic carbocycles. The number of aromatic nitrogens is 6. The molecule has 1 N–H and O–H groups in total. The van der Waals surface area contributed by atoms with E-state index in [0.29, 0.717) is 27.8 Å². The van der Waals surface area contributed by atoms with Crippen LogP contribution in [0.1, 0.15) is 0 Å². The molecule has 48 heavy (non-hydrogen) atoms. The fourth-order valence-corrected chi connectivity index (χ4v) is 7.11. The summed E-state index contributed by atoms with van der Waals surface area (Å²) in [6.07, 6.45) is 0. The van der Waals surface area contributed by atoms with E-state index in [-0.39, 0.29) is 11.1 Å². The van der Waals surface area contributed by atoms with Gasteiger partial charge in [-0.05, 0) is 83.9 Å². The van der Waals surface area contributed by atoms with Crippen LogP contribution in [0.4, 0.5) is 0 Å².